The van der Waals surface area contributed by atoms with Crippen LogP contribution in [-0.4, -0.2) is 68.1 Å². The molecular weight excluding hydrogens is 477 g/mol. The van der Waals surface area contributed by atoms with Crippen LogP contribution in [0.2, 0.25) is 0 Å². The molecule has 0 unspecified atom stereocenters. The second kappa shape index (κ2) is 9.64. The monoisotopic (exact) mass is 502 g/mol. The third-order valence-electron chi connectivity index (χ3n) is 6.18. The number of rotatable bonds is 7. The molecule has 3 aromatic heterocycles. The lowest BCUT2D eigenvalue weighted by molar-refractivity contribution is -0.139. The lowest BCUT2D eigenvalue weighted by Gasteiger charge is -2.30. The van der Waals surface area contributed by atoms with E-state index in [9.17, 15) is 18.0 Å². The quantitative estimate of drug-likeness (QED) is 0.355. The van der Waals surface area contributed by atoms with Gasteiger partial charge in [-0.05, 0) is 57.2 Å². The van der Waals surface area contributed by atoms with Gasteiger partial charge in [0, 0.05) is 23.3 Å². The van der Waals surface area contributed by atoms with E-state index in [-0.39, 0.29) is 35.8 Å². The minimum Gasteiger partial charge on any atom is -0.417 e. The fourth-order valence-electron chi connectivity index (χ4n) is 4.37. The molecule has 1 fully saturated rings. The number of hydrogen-bond acceptors (Lipinski definition) is 7. The Bertz CT molecular complexity index is 1340. The van der Waals surface area contributed by atoms with Crippen LogP contribution in [0, 0.1) is 0 Å². The molecule has 5 rings (SSSR count). The smallest absolute Gasteiger partial charge is 0.406 e. The van der Waals surface area contributed by atoms with Crippen LogP contribution < -0.4 is 10.6 Å². The average Bonchev–Trinajstić information content (AvgIpc) is 3.59. The minimum atomic E-state index is -4.46. The number of benzene rings is 1. The zero-order valence-electron chi connectivity index (χ0n) is 19.5. The van der Waals surface area contributed by atoms with E-state index in [1.54, 1.807) is 18.2 Å². The van der Waals surface area contributed by atoms with Crippen molar-refractivity contribution in [3.05, 3.63) is 48.1 Å². The Hall–Kier alpha value is -3.87. The highest BCUT2D eigenvalue weighted by Crippen LogP contribution is 2.35. The van der Waals surface area contributed by atoms with Gasteiger partial charge in [0.2, 0.25) is 5.89 Å². The number of carbonyl (C=O) groups excluding carboxylic acids is 1. The first-order valence-corrected chi connectivity index (χ1v) is 11.5. The molecule has 1 amide bonds. The number of aromatic amines is 1. The first kappa shape index (κ1) is 23.9. The van der Waals surface area contributed by atoms with Crippen LogP contribution in [0.25, 0.3) is 22.5 Å². The zero-order valence-corrected chi connectivity index (χ0v) is 19.5. The van der Waals surface area contributed by atoms with Crippen LogP contribution in [0.15, 0.2) is 40.9 Å². The SMILES string of the molecule is CN1CCC(Nc2cccc3c2cc(-c2nnc(CNC(=O)c4cc[nH]n4)o2)n3CC(F)(F)F)CC1. The summed E-state index contributed by atoms with van der Waals surface area (Å²) in [4.78, 5) is 14.3. The van der Waals surface area contributed by atoms with Gasteiger partial charge >= 0.3 is 6.18 Å². The summed E-state index contributed by atoms with van der Waals surface area (Å²) in [5, 5.41) is 20.9. The Morgan fingerprint density at radius 2 is 2.03 bits per heavy atom. The van der Waals surface area contributed by atoms with Crippen LogP contribution in [-0.2, 0) is 13.1 Å². The highest BCUT2D eigenvalue weighted by atomic mass is 19.4. The van der Waals surface area contributed by atoms with Gasteiger partial charge in [-0.15, -0.1) is 10.2 Å². The molecule has 4 heterocycles. The number of likely N-dealkylation sites (tertiary alicyclic amines) is 1. The maximum atomic E-state index is 13.5. The average molecular weight is 503 g/mol. The molecule has 10 nitrogen and oxygen atoms in total. The summed E-state index contributed by atoms with van der Waals surface area (Å²) in [7, 11) is 2.07. The summed E-state index contributed by atoms with van der Waals surface area (Å²) in [5.74, 6) is -0.459. The highest BCUT2D eigenvalue weighted by molar-refractivity contribution is 5.96. The molecule has 36 heavy (non-hydrogen) atoms. The van der Waals surface area contributed by atoms with E-state index in [1.807, 2.05) is 6.07 Å². The van der Waals surface area contributed by atoms with E-state index in [0.29, 0.717) is 10.9 Å². The first-order valence-electron chi connectivity index (χ1n) is 11.5. The van der Waals surface area contributed by atoms with Gasteiger partial charge < -0.3 is 24.5 Å². The van der Waals surface area contributed by atoms with E-state index in [1.165, 1.54) is 12.3 Å². The molecular formula is C23H25F3N8O2. The predicted octanol–water partition coefficient (Wildman–Crippen LogP) is 3.41. The number of H-pyrrole nitrogens is 1. The third kappa shape index (κ3) is 5.20. The van der Waals surface area contributed by atoms with Gasteiger partial charge in [0.15, 0.2) is 0 Å². The molecule has 0 bridgehead atoms. The second-order valence-electron chi connectivity index (χ2n) is 8.83. The van der Waals surface area contributed by atoms with E-state index >= 15 is 0 Å². The van der Waals surface area contributed by atoms with Crippen LogP contribution >= 0.6 is 0 Å². The van der Waals surface area contributed by atoms with Crippen LogP contribution in [0.5, 0.6) is 0 Å². The highest BCUT2D eigenvalue weighted by Gasteiger charge is 2.31. The van der Waals surface area contributed by atoms with Crippen molar-refractivity contribution >= 4 is 22.5 Å². The number of carbonyl (C=O) groups is 1. The summed E-state index contributed by atoms with van der Waals surface area (Å²) in [5.41, 5.74) is 1.50. The molecule has 3 N–H and O–H groups in total. The number of halogens is 3. The molecule has 1 aliphatic rings. The fourth-order valence-corrected chi connectivity index (χ4v) is 4.37. The zero-order chi connectivity index (χ0) is 25.3. The number of fused-ring (bicyclic) bond motifs is 1. The van der Waals surface area contributed by atoms with Crippen LogP contribution in [0.3, 0.4) is 0 Å². The second-order valence-corrected chi connectivity index (χ2v) is 8.83. The van der Waals surface area contributed by atoms with E-state index in [0.717, 1.165) is 36.2 Å². The van der Waals surface area contributed by atoms with Gasteiger partial charge in [0.1, 0.15) is 17.9 Å². The number of alkyl halides is 3. The van der Waals surface area contributed by atoms with Crippen molar-refractivity contribution in [3.63, 3.8) is 0 Å². The molecule has 0 atom stereocenters. The Morgan fingerprint density at radius 3 is 2.75 bits per heavy atom. The van der Waals surface area contributed by atoms with Crippen molar-refractivity contribution in [3.8, 4) is 11.6 Å². The molecule has 1 aromatic carbocycles. The van der Waals surface area contributed by atoms with Crippen LogP contribution in [0.1, 0.15) is 29.2 Å². The molecule has 13 heteroatoms. The predicted molar refractivity (Wildman–Crippen MR) is 125 cm³/mol. The van der Waals surface area contributed by atoms with Crippen molar-refractivity contribution in [2.75, 3.05) is 25.5 Å². The summed E-state index contributed by atoms with van der Waals surface area (Å²) < 4.78 is 47.4. The number of piperidine rings is 1. The van der Waals surface area contributed by atoms with Crippen LogP contribution in [0.4, 0.5) is 18.9 Å². The standard InChI is InChI=1S/C23H25F3N8O2/c1-33-9-6-14(7-10-33)29-16-3-2-4-18-15(16)11-19(34(18)13-23(24,25)26)22-32-31-20(36-22)12-27-21(35)17-5-8-28-30-17/h2-5,8,11,14,29H,6-7,9-10,12-13H2,1H3,(H,27,35)(H,28,30). The van der Waals surface area contributed by atoms with Gasteiger partial charge in [-0.1, -0.05) is 6.07 Å². The molecule has 1 aliphatic heterocycles. The van der Waals surface area contributed by atoms with Gasteiger partial charge in [-0.3, -0.25) is 9.89 Å². The summed E-state index contributed by atoms with van der Waals surface area (Å²) in [6, 6.07) is 8.62. The van der Waals surface area contributed by atoms with Crippen molar-refractivity contribution in [2.45, 2.75) is 38.1 Å². The number of amides is 1. The number of anilines is 1. The molecule has 190 valence electrons. The number of aromatic nitrogens is 5. The van der Waals surface area contributed by atoms with Gasteiger partial charge in [-0.2, -0.15) is 18.3 Å². The first-order chi connectivity index (χ1) is 17.3. The lowest BCUT2D eigenvalue weighted by Crippen LogP contribution is -2.36. The number of nitrogens with zero attached hydrogens (tertiary/aromatic N) is 5. The third-order valence-corrected chi connectivity index (χ3v) is 6.18. The molecule has 0 saturated carbocycles. The Morgan fingerprint density at radius 1 is 1.22 bits per heavy atom. The van der Waals surface area contributed by atoms with E-state index in [4.69, 9.17) is 4.42 Å². The van der Waals surface area contributed by atoms with Crippen molar-refractivity contribution in [1.29, 1.82) is 0 Å². The maximum absolute atomic E-state index is 13.5. The summed E-state index contributed by atoms with van der Waals surface area (Å²) in [6.45, 7) is 0.600. The lowest BCUT2D eigenvalue weighted by atomic mass is 10.0. The van der Waals surface area contributed by atoms with Crippen molar-refractivity contribution < 1.29 is 22.4 Å². The topological polar surface area (TPSA) is 117 Å². The Balaban J connectivity index is 1.43. The molecule has 0 radical (unpaired) electrons. The molecule has 0 aliphatic carbocycles. The summed E-state index contributed by atoms with van der Waals surface area (Å²) >= 11 is 0. The molecule has 0 spiro atoms. The fraction of sp³-hybridized carbons (Fsp3) is 0.391. The largest absolute Gasteiger partial charge is 0.417 e. The number of hydrogen-bond donors (Lipinski definition) is 3. The van der Waals surface area contributed by atoms with Gasteiger partial charge in [0.05, 0.1) is 12.1 Å². The Kier molecular flexibility index (Phi) is 6.39. The van der Waals surface area contributed by atoms with Gasteiger partial charge in [-0.25, -0.2) is 0 Å². The van der Waals surface area contributed by atoms with Crippen molar-refractivity contribution in [2.24, 2.45) is 0 Å². The Labute approximate surface area is 203 Å². The summed E-state index contributed by atoms with van der Waals surface area (Å²) in [6.07, 6.45) is -1.06. The minimum absolute atomic E-state index is 0.0578. The maximum Gasteiger partial charge on any atom is 0.406 e. The molecule has 4 aromatic rings. The number of nitrogens with one attached hydrogen (secondary N) is 3. The normalized spacial score (nSPS) is 15.4. The van der Waals surface area contributed by atoms with Crippen molar-refractivity contribution in [1.82, 2.24) is 35.2 Å². The molecule has 1 saturated heterocycles. The van der Waals surface area contributed by atoms with E-state index in [2.05, 4.69) is 43.0 Å². The van der Waals surface area contributed by atoms with Gasteiger partial charge in [0.25, 0.3) is 11.8 Å². The van der Waals surface area contributed by atoms with E-state index < -0.39 is 18.6 Å².